The van der Waals surface area contributed by atoms with Gasteiger partial charge < -0.3 is 5.11 Å². The van der Waals surface area contributed by atoms with E-state index in [0.717, 1.165) is 0 Å². The molecule has 0 aromatic carbocycles. The van der Waals surface area contributed by atoms with Crippen molar-refractivity contribution in [3.8, 4) is 0 Å². The van der Waals surface area contributed by atoms with Gasteiger partial charge in [0.2, 0.25) is 0 Å². The molecule has 0 aliphatic rings. The van der Waals surface area contributed by atoms with Crippen LogP contribution in [0.5, 0.6) is 0 Å². The number of hydrogen-bond donors (Lipinski definition) is 1. The van der Waals surface area contributed by atoms with Crippen LogP contribution in [0.1, 0.15) is 12.8 Å². The Morgan fingerprint density at radius 3 is 2.56 bits per heavy atom. The van der Waals surface area contributed by atoms with Gasteiger partial charge in [0.25, 0.3) is 0 Å². The van der Waals surface area contributed by atoms with Gasteiger partial charge in [0.1, 0.15) is 12.8 Å². The molecule has 0 rings (SSSR count). The fraction of sp³-hybridized carbons (Fsp3) is 0.800. The first-order valence-electron chi connectivity index (χ1n) is 2.58. The van der Waals surface area contributed by atoms with Crippen molar-refractivity contribution < 1.29 is 18.7 Å². The Labute approximate surface area is 51.5 Å². The van der Waals surface area contributed by atoms with Crippen molar-refractivity contribution in [2.24, 2.45) is 0 Å². The summed E-state index contributed by atoms with van der Waals surface area (Å²) in [6, 6.07) is 0. The van der Waals surface area contributed by atoms with Crippen molar-refractivity contribution in [2.75, 3.05) is 6.67 Å². The van der Waals surface area contributed by atoms with Crippen molar-refractivity contribution in [1.29, 1.82) is 0 Å². The third-order valence-corrected chi connectivity index (χ3v) is 0.839. The zero-order valence-electron chi connectivity index (χ0n) is 4.81. The highest BCUT2D eigenvalue weighted by atomic mass is 19.2. The molecule has 54 valence electrons. The molecule has 0 aromatic rings. The summed E-state index contributed by atoms with van der Waals surface area (Å²) in [7, 11) is 0. The molecule has 0 aromatic heterocycles. The van der Waals surface area contributed by atoms with Gasteiger partial charge in [-0.3, -0.25) is 4.79 Å². The van der Waals surface area contributed by atoms with Crippen LogP contribution in [0, 0.1) is 0 Å². The minimum atomic E-state index is -1.61. The first-order chi connectivity index (χ1) is 4.16. The Morgan fingerprint density at radius 1 is 1.67 bits per heavy atom. The Morgan fingerprint density at radius 2 is 2.22 bits per heavy atom. The minimum Gasteiger partial charge on any atom is -0.481 e. The van der Waals surface area contributed by atoms with Gasteiger partial charge in [-0.1, -0.05) is 0 Å². The Kier molecular flexibility index (Phi) is 3.92. The topological polar surface area (TPSA) is 37.3 Å². The molecule has 0 spiro atoms. The second-order valence-corrected chi connectivity index (χ2v) is 1.68. The van der Waals surface area contributed by atoms with Crippen LogP contribution >= 0.6 is 0 Å². The number of alkyl halides is 2. The van der Waals surface area contributed by atoms with Gasteiger partial charge in [0.05, 0.1) is 0 Å². The zero-order valence-corrected chi connectivity index (χ0v) is 4.81. The predicted octanol–water partition coefficient (Wildman–Crippen LogP) is 1.16. The lowest BCUT2D eigenvalue weighted by atomic mass is 10.2. The molecule has 4 heteroatoms. The average molecular weight is 138 g/mol. The second-order valence-electron chi connectivity index (χ2n) is 1.68. The average Bonchev–Trinajstić information content (AvgIpc) is 1.83. The molecule has 0 fully saturated rings. The lowest BCUT2D eigenvalue weighted by Gasteiger charge is -1.97. The molecule has 2 nitrogen and oxygen atoms in total. The minimum absolute atomic E-state index is 0.230. The van der Waals surface area contributed by atoms with Crippen LogP contribution in [0.25, 0.3) is 0 Å². The van der Waals surface area contributed by atoms with Crippen LogP contribution in [0.3, 0.4) is 0 Å². The second kappa shape index (κ2) is 4.23. The maximum absolute atomic E-state index is 11.9. The molecule has 0 heterocycles. The van der Waals surface area contributed by atoms with Crippen molar-refractivity contribution in [3.05, 3.63) is 0 Å². The highest BCUT2D eigenvalue weighted by molar-refractivity contribution is 5.66. The summed E-state index contributed by atoms with van der Waals surface area (Å²) in [6.07, 6.45) is -2.14. The molecule has 0 saturated heterocycles. The molecular weight excluding hydrogens is 130 g/mol. The van der Waals surface area contributed by atoms with Gasteiger partial charge in [-0.05, 0) is 6.42 Å². The monoisotopic (exact) mass is 138 g/mol. The third kappa shape index (κ3) is 5.20. The van der Waals surface area contributed by atoms with Crippen molar-refractivity contribution in [3.63, 3.8) is 0 Å². The Bertz CT molecular complexity index is 95.0. The number of carboxylic acid groups (broad SMARTS) is 1. The number of carboxylic acids is 1. The normalized spacial score (nSPS) is 13.1. The van der Waals surface area contributed by atoms with Crippen molar-refractivity contribution in [1.82, 2.24) is 0 Å². The van der Waals surface area contributed by atoms with Gasteiger partial charge in [-0.2, -0.15) is 0 Å². The van der Waals surface area contributed by atoms with Crippen LogP contribution < -0.4 is 0 Å². The molecule has 1 unspecified atom stereocenters. The fourth-order valence-corrected chi connectivity index (χ4v) is 0.357. The van der Waals surface area contributed by atoms with Gasteiger partial charge >= 0.3 is 5.97 Å². The van der Waals surface area contributed by atoms with Gasteiger partial charge in [-0.25, -0.2) is 8.78 Å². The standard InChI is InChI=1S/C5H8F2O2/c6-3-4(7)1-2-5(8)9/h4H,1-3H2,(H,8,9). The van der Waals surface area contributed by atoms with E-state index in [-0.39, 0.29) is 12.8 Å². The van der Waals surface area contributed by atoms with Gasteiger partial charge in [-0.15, -0.1) is 0 Å². The number of aliphatic carboxylic acids is 1. The molecule has 0 aliphatic heterocycles. The summed E-state index contributed by atoms with van der Waals surface area (Å²) in [5, 5.41) is 7.97. The number of hydrogen-bond acceptors (Lipinski definition) is 1. The van der Waals surface area contributed by atoms with E-state index < -0.39 is 18.8 Å². The highest BCUT2D eigenvalue weighted by Gasteiger charge is 2.07. The van der Waals surface area contributed by atoms with E-state index in [0.29, 0.717) is 0 Å². The van der Waals surface area contributed by atoms with E-state index in [1.165, 1.54) is 0 Å². The number of carbonyl (C=O) groups is 1. The zero-order chi connectivity index (χ0) is 7.28. The lowest BCUT2D eigenvalue weighted by molar-refractivity contribution is -0.137. The van der Waals surface area contributed by atoms with E-state index in [4.69, 9.17) is 5.11 Å². The van der Waals surface area contributed by atoms with Gasteiger partial charge in [0.15, 0.2) is 0 Å². The molecule has 9 heavy (non-hydrogen) atoms. The molecule has 1 atom stereocenters. The smallest absolute Gasteiger partial charge is 0.303 e. The first kappa shape index (κ1) is 8.33. The summed E-state index contributed by atoms with van der Waals surface area (Å²) < 4.78 is 23.1. The summed E-state index contributed by atoms with van der Waals surface area (Å²) in [5.74, 6) is -1.09. The lowest BCUT2D eigenvalue weighted by Crippen LogP contribution is -2.05. The Balaban J connectivity index is 3.16. The van der Waals surface area contributed by atoms with E-state index in [1.807, 2.05) is 0 Å². The van der Waals surface area contributed by atoms with Crippen LogP contribution in [0.4, 0.5) is 8.78 Å². The highest BCUT2D eigenvalue weighted by Crippen LogP contribution is 2.01. The van der Waals surface area contributed by atoms with E-state index in [2.05, 4.69) is 0 Å². The fourth-order valence-electron chi connectivity index (χ4n) is 0.357. The van der Waals surface area contributed by atoms with Crippen molar-refractivity contribution in [2.45, 2.75) is 19.0 Å². The maximum Gasteiger partial charge on any atom is 0.303 e. The molecule has 0 bridgehead atoms. The third-order valence-electron chi connectivity index (χ3n) is 0.839. The quantitative estimate of drug-likeness (QED) is 0.632. The molecule has 0 amide bonds. The Hall–Kier alpha value is -0.670. The molecule has 1 N–H and O–H groups in total. The maximum atomic E-state index is 11.9. The van der Waals surface area contributed by atoms with E-state index in [1.54, 1.807) is 0 Å². The van der Waals surface area contributed by atoms with Crippen LogP contribution in [0.2, 0.25) is 0 Å². The van der Waals surface area contributed by atoms with Crippen LogP contribution in [-0.2, 0) is 4.79 Å². The summed E-state index contributed by atoms with van der Waals surface area (Å²) in [5.41, 5.74) is 0. The number of halogens is 2. The summed E-state index contributed by atoms with van der Waals surface area (Å²) in [6.45, 7) is -1.09. The van der Waals surface area contributed by atoms with Crippen LogP contribution in [-0.4, -0.2) is 23.9 Å². The van der Waals surface area contributed by atoms with E-state index in [9.17, 15) is 13.6 Å². The summed E-state index contributed by atoms with van der Waals surface area (Å²) in [4.78, 5) is 9.73. The molecule has 0 aliphatic carbocycles. The first-order valence-corrected chi connectivity index (χ1v) is 2.58. The number of rotatable bonds is 4. The predicted molar refractivity (Wildman–Crippen MR) is 27.7 cm³/mol. The van der Waals surface area contributed by atoms with E-state index >= 15 is 0 Å². The summed E-state index contributed by atoms with van der Waals surface area (Å²) >= 11 is 0. The molecule has 0 saturated carbocycles. The SMILES string of the molecule is O=C(O)CCC(F)CF. The van der Waals surface area contributed by atoms with Crippen LogP contribution in [0.15, 0.2) is 0 Å². The molecular formula is C5H8F2O2. The van der Waals surface area contributed by atoms with Crippen molar-refractivity contribution >= 4 is 5.97 Å². The molecule has 0 radical (unpaired) electrons. The van der Waals surface area contributed by atoms with Gasteiger partial charge in [0, 0.05) is 6.42 Å². The largest absolute Gasteiger partial charge is 0.481 e.